The Bertz CT molecular complexity index is 614. The highest BCUT2D eigenvalue weighted by molar-refractivity contribution is 5.33. The van der Waals surface area contributed by atoms with Crippen LogP contribution in [0.3, 0.4) is 0 Å². The van der Waals surface area contributed by atoms with Gasteiger partial charge in [-0.15, -0.1) is 0 Å². The first-order chi connectivity index (χ1) is 10.3. The van der Waals surface area contributed by atoms with Crippen LogP contribution in [0.2, 0.25) is 0 Å². The van der Waals surface area contributed by atoms with Gasteiger partial charge in [0.15, 0.2) is 0 Å². The van der Waals surface area contributed by atoms with Crippen LogP contribution in [-0.4, -0.2) is 4.98 Å². The van der Waals surface area contributed by atoms with Gasteiger partial charge in [0.05, 0.1) is 6.20 Å². The molecule has 0 radical (unpaired) electrons. The number of nitrogens with one attached hydrogen (secondary N) is 1. The van der Waals surface area contributed by atoms with Gasteiger partial charge in [0.25, 0.3) is 0 Å². The fourth-order valence-electron chi connectivity index (χ4n) is 3.34. The maximum Gasteiger partial charge on any atom is 0.146 e. The second-order valence-electron chi connectivity index (χ2n) is 5.64. The van der Waals surface area contributed by atoms with E-state index in [-0.39, 0.29) is 11.9 Å². The zero-order valence-electron chi connectivity index (χ0n) is 11.9. The zero-order chi connectivity index (χ0) is 14.7. The van der Waals surface area contributed by atoms with Crippen molar-refractivity contribution in [2.24, 2.45) is 5.84 Å². The molecule has 3 nitrogen and oxygen atoms in total. The van der Waals surface area contributed by atoms with E-state index in [0.29, 0.717) is 11.5 Å². The lowest BCUT2D eigenvalue weighted by Gasteiger charge is -2.29. The van der Waals surface area contributed by atoms with Gasteiger partial charge >= 0.3 is 0 Å². The summed E-state index contributed by atoms with van der Waals surface area (Å²) in [5.41, 5.74) is 6.17. The molecule has 0 bridgehead atoms. The normalized spacial score (nSPS) is 19.0. The zero-order valence-corrected chi connectivity index (χ0v) is 11.9. The van der Waals surface area contributed by atoms with Gasteiger partial charge in [-0.25, -0.2) is 4.39 Å². The second kappa shape index (κ2) is 6.33. The summed E-state index contributed by atoms with van der Waals surface area (Å²) in [7, 11) is 0. The van der Waals surface area contributed by atoms with Crippen LogP contribution < -0.4 is 11.3 Å². The molecular weight excluding hydrogens is 265 g/mol. The van der Waals surface area contributed by atoms with Crippen molar-refractivity contribution < 1.29 is 4.39 Å². The SMILES string of the molecule is NNC(CC1CCCc2ccccc21)c1ccncc1F. The molecule has 110 valence electrons. The molecule has 1 heterocycles. The molecule has 21 heavy (non-hydrogen) atoms. The standard InChI is InChI=1S/C17H20FN3/c18-16-11-20-9-8-15(16)17(21-19)10-13-6-3-5-12-4-1-2-7-14(12)13/h1-2,4,7-9,11,13,17,21H,3,5-6,10,19H2. The molecule has 0 fully saturated rings. The minimum Gasteiger partial charge on any atom is -0.271 e. The van der Waals surface area contributed by atoms with Crippen LogP contribution in [0.15, 0.2) is 42.7 Å². The average Bonchev–Trinajstić information content (AvgIpc) is 2.53. The third kappa shape index (κ3) is 2.96. The van der Waals surface area contributed by atoms with Crippen LogP contribution in [-0.2, 0) is 6.42 Å². The number of rotatable bonds is 4. The summed E-state index contributed by atoms with van der Waals surface area (Å²) in [6.45, 7) is 0. The first-order valence-corrected chi connectivity index (χ1v) is 7.43. The summed E-state index contributed by atoms with van der Waals surface area (Å²) < 4.78 is 13.9. The third-order valence-electron chi connectivity index (χ3n) is 4.39. The molecule has 2 aromatic rings. The van der Waals surface area contributed by atoms with E-state index in [0.717, 1.165) is 19.3 Å². The van der Waals surface area contributed by atoms with E-state index in [4.69, 9.17) is 5.84 Å². The van der Waals surface area contributed by atoms with E-state index in [1.807, 2.05) is 0 Å². The van der Waals surface area contributed by atoms with E-state index in [2.05, 4.69) is 34.7 Å². The summed E-state index contributed by atoms with van der Waals surface area (Å²) >= 11 is 0. The predicted octanol–water partition coefficient (Wildman–Crippen LogP) is 3.24. The summed E-state index contributed by atoms with van der Waals surface area (Å²) in [6, 6.07) is 10.1. The Labute approximate surface area is 124 Å². The van der Waals surface area contributed by atoms with Crippen LogP contribution in [0.5, 0.6) is 0 Å². The molecule has 0 saturated carbocycles. The van der Waals surface area contributed by atoms with Crippen molar-refractivity contribution in [1.82, 2.24) is 10.4 Å². The van der Waals surface area contributed by atoms with Crippen LogP contribution >= 0.6 is 0 Å². The number of hydrazine groups is 1. The number of aryl methyl sites for hydroxylation is 1. The Morgan fingerprint density at radius 2 is 2.19 bits per heavy atom. The highest BCUT2D eigenvalue weighted by atomic mass is 19.1. The minimum absolute atomic E-state index is 0.191. The lowest BCUT2D eigenvalue weighted by Crippen LogP contribution is -2.30. The molecule has 1 aliphatic rings. The van der Waals surface area contributed by atoms with Gasteiger partial charge in [0.1, 0.15) is 5.82 Å². The summed E-state index contributed by atoms with van der Waals surface area (Å²) in [5, 5.41) is 0. The lowest BCUT2D eigenvalue weighted by atomic mass is 9.79. The van der Waals surface area contributed by atoms with E-state index >= 15 is 0 Å². The van der Waals surface area contributed by atoms with E-state index in [1.54, 1.807) is 12.3 Å². The fraction of sp³-hybridized carbons (Fsp3) is 0.353. The van der Waals surface area contributed by atoms with Crippen LogP contribution in [0, 0.1) is 5.82 Å². The van der Waals surface area contributed by atoms with Crippen molar-refractivity contribution in [2.75, 3.05) is 0 Å². The third-order valence-corrected chi connectivity index (χ3v) is 4.39. The van der Waals surface area contributed by atoms with Gasteiger partial charge < -0.3 is 0 Å². The molecule has 0 spiro atoms. The van der Waals surface area contributed by atoms with Crippen molar-refractivity contribution in [3.8, 4) is 0 Å². The molecule has 2 atom stereocenters. The number of benzene rings is 1. The fourth-order valence-corrected chi connectivity index (χ4v) is 3.34. The number of nitrogens with zero attached hydrogens (tertiary/aromatic N) is 1. The number of aromatic nitrogens is 1. The Kier molecular flexibility index (Phi) is 4.27. The molecule has 2 unspecified atom stereocenters. The molecule has 1 aromatic carbocycles. The van der Waals surface area contributed by atoms with E-state index < -0.39 is 0 Å². The maximum absolute atomic E-state index is 13.9. The van der Waals surface area contributed by atoms with Gasteiger partial charge in [-0.1, -0.05) is 24.3 Å². The van der Waals surface area contributed by atoms with Crippen molar-refractivity contribution in [1.29, 1.82) is 0 Å². The van der Waals surface area contributed by atoms with Crippen molar-refractivity contribution in [3.63, 3.8) is 0 Å². The molecular formula is C17H20FN3. The van der Waals surface area contributed by atoms with Gasteiger partial charge in [-0.3, -0.25) is 16.3 Å². The largest absolute Gasteiger partial charge is 0.271 e. The molecule has 3 rings (SSSR count). The van der Waals surface area contributed by atoms with E-state index in [1.165, 1.54) is 23.7 Å². The van der Waals surface area contributed by atoms with Crippen molar-refractivity contribution in [3.05, 3.63) is 65.2 Å². The summed E-state index contributed by atoms with van der Waals surface area (Å²) in [5.74, 6) is 5.79. The van der Waals surface area contributed by atoms with Gasteiger partial charge in [-0.05, 0) is 48.8 Å². The molecule has 1 aromatic heterocycles. The molecule has 1 aliphatic carbocycles. The molecule has 4 heteroatoms. The predicted molar refractivity (Wildman–Crippen MR) is 81.0 cm³/mol. The van der Waals surface area contributed by atoms with Crippen molar-refractivity contribution >= 4 is 0 Å². The first kappa shape index (κ1) is 14.2. The quantitative estimate of drug-likeness (QED) is 0.670. The van der Waals surface area contributed by atoms with Crippen LogP contribution in [0.25, 0.3) is 0 Å². The van der Waals surface area contributed by atoms with Crippen molar-refractivity contribution in [2.45, 2.75) is 37.6 Å². The number of pyridine rings is 1. The summed E-state index contributed by atoms with van der Waals surface area (Å²) in [6.07, 6.45) is 7.09. The lowest BCUT2D eigenvalue weighted by molar-refractivity contribution is 0.413. The van der Waals surface area contributed by atoms with Gasteiger partial charge in [-0.2, -0.15) is 0 Å². The topological polar surface area (TPSA) is 50.9 Å². The average molecular weight is 285 g/mol. The van der Waals surface area contributed by atoms with Gasteiger partial charge in [0, 0.05) is 17.8 Å². The molecule has 0 aliphatic heterocycles. The molecule has 3 N–H and O–H groups in total. The van der Waals surface area contributed by atoms with E-state index in [9.17, 15) is 4.39 Å². The highest BCUT2D eigenvalue weighted by Crippen LogP contribution is 2.37. The Morgan fingerprint density at radius 1 is 1.33 bits per heavy atom. The maximum atomic E-state index is 13.9. The monoisotopic (exact) mass is 285 g/mol. The first-order valence-electron chi connectivity index (χ1n) is 7.43. The number of nitrogens with two attached hydrogens (primary N) is 1. The number of fused-ring (bicyclic) bond motifs is 1. The Hall–Kier alpha value is -1.78. The molecule has 0 amide bonds. The number of hydrogen-bond donors (Lipinski definition) is 2. The van der Waals surface area contributed by atoms with Crippen LogP contribution in [0.4, 0.5) is 4.39 Å². The Balaban J connectivity index is 1.84. The molecule has 0 saturated heterocycles. The highest BCUT2D eigenvalue weighted by Gasteiger charge is 2.24. The number of halogens is 1. The smallest absolute Gasteiger partial charge is 0.146 e. The second-order valence-corrected chi connectivity index (χ2v) is 5.64. The Morgan fingerprint density at radius 3 is 3.00 bits per heavy atom. The van der Waals surface area contributed by atoms with Gasteiger partial charge in [0.2, 0.25) is 0 Å². The minimum atomic E-state index is -0.301. The number of hydrogen-bond acceptors (Lipinski definition) is 3. The van der Waals surface area contributed by atoms with Crippen LogP contribution in [0.1, 0.15) is 47.9 Å². The summed E-state index contributed by atoms with van der Waals surface area (Å²) in [4.78, 5) is 3.80.